The van der Waals surface area contributed by atoms with E-state index in [1.165, 1.54) is 30.5 Å². The minimum Gasteiger partial charge on any atom is -0.399 e. The summed E-state index contributed by atoms with van der Waals surface area (Å²) in [4.78, 5) is -0.0515. The molecule has 0 bridgehead atoms. The van der Waals surface area contributed by atoms with E-state index in [1.54, 1.807) is 0 Å². The number of rotatable bonds is 2. The highest BCUT2D eigenvalue weighted by Crippen LogP contribution is 2.13. The minimum atomic E-state index is -3.90. The predicted molar refractivity (Wildman–Crippen MR) is 58.4 cm³/mol. The van der Waals surface area contributed by atoms with E-state index in [-0.39, 0.29) is 4.90 Å². The van der Waals surface area contributed by atoms with Crippen LogP contribution >= 0.6 is 0 Å². The molecule has 16 heavy (non-hydrogen) atoms. The molecule has 0 saturated heterocycles. The second kappa shape index (κ2) is 4.50. The number of nitrogens with one attached hydrogen (secondary N) is 1. The highest BCUT2D eigenvalue weighted by Gasteiger charge is 2.12. The van der Waals surface area contributed by atoms with E-state index in [9.17, 15) is 8.42 Å². The number of guanidine groups is 1. The van der Waals surface area contributed by atoms with Gasteiger partial charge in [-0.15, -0.1) is 4.40 Å². The van der Waals surface area contributed by atoms with E-state index < -0.39 is 16.0 Å². The number of benzene rings is 1. The molecule has 5 N–H and O–H groups in total. The lowest BCUT2D eigenvalue weighted by molar-refractivity contribution is 0.598. The number of hydrogen-bond donors (Lipinski definition) is 3. The molecule has 7 nitrogen and oxygen atoms in total. The summed E-state index contributed by atoms with van der Waals surface area (Å²) in [5, 5.41) is 10.1. The zero-order valence-corrected chi connectivity index (χ0v) is 8.90. The Balaban J connectivity index is 3.09. The molecule has 1 aromatic carbocycles. The zero-order valence-electron chi connectivity index (χ0n) is 8.08. The Morgan fingerprint density at radius 1 is 1.38 bits per heavy atom. The number of nitrogens with two attached hydrogens (primary N) is 2. The van der Waals surface area contributed by atoms with E-state index in [0.29, 0.717) is 5.69 Å². The minimum absolute atomic E-state index is 0.0515. The number of anilines is 1. The van der Waals surface area contributed by atoms with E-state index in [1.807, 2.05) is 5.32 Å². The average Bonchev–Trinajstić information content (AvgIpc) is 2.17. The molecular formula is C8H9N5O2S. The third-order valence-corrected chi connectivity index (χ3v) is 2.89. The fourth-order valence-electron chi connectivity index (χ4n) is 0.902. The monoisotopic (exact) mass is 239 g/mol. The Labute approximate surface area is 92.4 Å². The van der Waals surface area contributed by atoms with Crippen LogP contribution < -0.4 is 16.8 Å². The first kappa shape index (κ1) is 11.8. The quantitative estimate of drug-likeness (QED) is 0.206. The molecule has 0 fully saturated rings. The van der Waals surface area contributed by atoms with Crippen molar-refractivity contribution in [3.8, 4) is 6.19 Å². The molecule has 0 atom stereocenters. The van der Waals surface area contributed by atoms with E-state index in [2.05, 4.69) is 4.40 Å². The lowest BCUT2D eigenvalue weighted by Crippen LogP contribution is -2.28. The summed E-state index contributed by atoms with van der Waals surface area (Å²) in [6.45, 7) is 0. The number of nitrogen functional groups attached to an aromatic ring is 1. The highest BCUT2D eigenvalue weighted by atomic mass is 32.2. The van der Waals surface area contributed by atoms with E-state index in [0.717, 1.165) is 0 Å². The molecule has 0 radical (unpaired) electrons. The summed E-state index contributed by atoms with van der Waals surface area (Å²) in [6.07, 6.45) is 1.46. The first-order chi connectivity index (χ1) is 7.45. The van der Waals surface area contributed by atoms with E-state index >= 15 is 0 Å². The molecule has 0 aliphatic rings. The summed E-state index contributed by atoms with van der Waals surface area (Å²) >= 11 is 0. The Kier molecular flexibility index (Phi) is 3.32. The van der Waals surface area contributed by atoms with Crippen LogP contribution in [0.3, 0.4) is 0 Å². The molecule has 0 aliphatic carbocycles. The molecule has 1 rings (SSSR count). The lowest BCUT2D eigenvalue weighted by Gasteiger charge is -2.00. The molecule has 0 aliphatic heterocycles. The first-order valence-corrected chi connectivity index (χ1v) is 5.51. The van der Waals surface area contributed by atoms with Gasteiger partial charge < -0.3 is 11.5 Å². The van der Waals surface area contributed by atoms with Crippen molar-refractivity contribution in [2.45, 2.75) is 4.90 Å². The maximum atomic E-state index is 11.6. The van der Waals surface area contributed by atoms with Crippen LogP contribution in [-0.2, 0) is 10.0 Å². The van der Waals surface area contributed by atoms with Crippen LogP contribution in [0, 0.1) is 11.5 Å². The Hall–Kier alpha value is -2.27. The van der Waals surface area contributed by atoms with Crippen LogP contribution in [0.2, 0.25) is 0 Å². The Bertz CT molecular complexity index is 541. The van der Waals surface area contributed by atoms with Crippen LogP contribution in [0.5, 0.6) is 0 Å². The van der Waals surface area contributed by atoms with Crippen molar-refractivity contribution in [1.82, 2.24) is 5.32 Å². The summed E-state index contributed by atoms with van der Waals surface area (Å²) in [5.74, 6) is -0.487. The van der Waals surface area contributed by atoms with Crippen molar-refractivity contribution in [2.75, 3.05) is 5.73 Å². The highest BCUT2D eigenvalue weighted by molar-refractivity contribution is 7.90. The fourth-order valence-corrected chi connectivity index (χ4v) is 1.79. The van der Waals surface area contributed by atoms with Gasteiger partial charge >= 0.3 is 0 Å². The van der Waals surface area contributed by atoms with Gasteiger partial charge in [0.15, 0.2) is 6.19 Å². The summed E-state index contributed by atoms with van der Waals surface area (Å²) in [6, 6.07) is 5.45. The molecule has 0 amide bonds. The molecule has 8 heteroatoms. The van der Waals surface area contributed by atoms with Gasteiger partial charge in [0.1, 0.15) is 0 Å². The van der Waals surface area contributed by atoms with Crippen molar-refractivity contribution in [1.29, 1.82) is 5.26 Å². The number of hydrogen-bond acceptors (Lipinski definition) is 4. The van der Waals surface area contributed by atoms with Crippen molar-refractivity contribution in [3.63, 3.8) is 0 Å². The molecule has 0 heterocycles. The third kappa shape index (κ3) is 2.86. The van der Waals surface area contributed by atoms with Gasteiger partial charge in [-0.05, 0) is 24.3 Å². The topological polar surface area (TPSA) is 134 Å². The van der Waals surface area contributed by atoms with Crippen LogP contribution in [0.1, 0.15) is 0 Å². The Morgan fingerprint density at radius 3 is 2.44 bits per heavy atom. The molecule has 0 aromatic heterocycles. The van der Waals surface area contributed by atoms with Gasteiger partial charge in [-0.1, -0.05) is 0 Å². The fraction of sp³-hybridized carbons (Fsp3) is 0. The van der Waals surface area contributed by atoms with Crippen LogP contribution in [0.15, 0.2) is 33.6 Å². The Morgan fingerprint density at radius 2 is 1.94 bits per heavy atom. The molecule has 0 saturated carbocycles. The molecule has 84 valence electrons. The molecule has 0 unspecified atom stereocenters. The largest absolute Gasteiger partial charge is 0.399 e. The zero-order chi connectivity index (χ0) is 12.2. The van der Waals surface area contributed by atoms with Crippen LogP contribution in [0.25, 0.3) is 0 Å². The standard InChI is InChI=1S/C8H9N5O2S/c9-5-12-8(11)13-16(14,15)7-3-1-6(10)2-4-7/h1-4H,10H2,(H3,11,12,13). The maximum absolute atomic E-state index is 11.6. The molecule has 0 spiro atoms. The van der Waals surface area contributed by atoms with Gasteiger partial charge in [-0.25, -0.2) is 0 Å². The number of nitriles is 1. The van der Waals surface area contributed by atoms with E-state index in [4.69, 9.17) is 16.7 Å². The maximum Gasteiger partial charge on any atom is 0.285 e. The summed E-state index contributed by atoms with van der Waals surface area (Å²) in [7, 11) is -3.90. The van der Waals surface area contributed by atoms with Crippen LogP contribution in [0.4, 0.5) is 5.69 Å². The van der Waals surface area contributed by atoms with Crippen molar-refractivity contribution >= 4 is 21.7 Å². The van der Waals surface area contributed by atoms with Gasteiger partial charge in [-0.2, -0.15) is 13.7 Å². The lowest BCUT2D eigenvalue weighted by atomic mass is 10.3. The van der Waals surface area contributed by atoms with Crippen LogP contribution in [-0.4, -0.2) is 14.4 Å². The van der Waals surface area contributed by atoms with Crippen molar-refractivity contribution in [2.24, 2.45) is 10.1 Å². The second-order valence-electron chi connectivity index (χ2n) is 2.76. The van der Waals surface area contributed by atoms with Gasteiger partial charge in [-0.3, -0.25) is 5.32 Å². The van der Waals surface area contributed by atoms with Gasteiger partial charge in [0.2, 0.25) is 5.96 Å². The first-order valence-electron chi connectivity index (χ1n) is 4.07. The number of sulfonamides is 1. The normalized spacial score (nSPS) is 11.8. The summed E-state index contributed by atoms with van der Waals surface area (Å²) in [5.41, 5.74) is 11.0. The SMILES string of the molecule is N#CN/C(N)=N/S(=O)(=O)c1ccc(N)cc1. The van der Waals surface area contributed by atoms with Gasteiger partial charge in [0.25, 0.3) is 10.0 Å². The average molecular weight is 239 g/mol. The third-order valence-electron chi connectivity index (χ3n) is 1.58. The predicted octanol–water partition coefficient (Wildman–Crippen LogP) is -0.657. The number of nitrogens with zero attached hydrogens (tertiary/aromatic N) is 2. The van der Waals surface area contributed by atoms with Crippen molar-refractivity contribution < 1.29 is 8.42 Å². The second-order valence-corrected chi connectivity index (χ2v) is 4.36. The van der Waals surface area contributed by atoms with Gasteiger partial charge in [0, 0.05) is 5.69 Å². The van der Waals surface area contributed by atoms with Gasteiger partial charge in [0.05, 0.1) is 4.90 Å². The molecule has 1 aromatic rings. The molecular weight excluding hydrogens is 230 g/mol. The van der Waals surface area contributed by atoms with Crippen molar-refractivity contribution in [3.05, 3.63) is 24.3 Å². The summed E-state index contributed by atoms with van der Waals surface area (Å²) < 4.78 is 26.3. The smallest absolute Gasteiger partial charge is 0.285 e.